The van der Waals surface area contributed by atoms with Crippen LogP contribution in [0.1, 0.15) is 46.0 Å². The number of hydrogen-bond donors (Lipinski definition) is 1. The summed E-state index contributed by atoms with van der Waals surface area (Å²) >= 11 is 0. The normalized spacial score (nSPS) is 33.5. The van der Waals surface area contributed by atoms with Crippen LogP contribution in [0.15, 0.2) is 48.3 Å². The summed E-state index contributed by atoms with van der Waals surface area (Å²) in [7, 11) is 3.19. The van der Waals surface area contributed by atoms with E-state index in [0.29, 0.717) is 17.7 Å². The number of fused-ring (bicyclic) bond motifs is 2. The fraction of sp³-hybridized carbons (Fsp3) is 0.577. The molecule has 0 heterocycles. The Morgan fingerprint density at radius 3 is 2.53 bits per heavy atom. The van der Waals surface area contributed by atoms with Crippen LogP contribution >= 0.6 is 0 Å². The van der Waals surface area contributed by atoms with Gasteiger partial charge in [-0.15, -0.1) is 0 Å². The summed E-state index contributed by atoms with van der Waals surface area (Å²) in [5.74, 6) is 1.53. The van der Waals surface area contributed by atoms with E-state index < -0.39 is 17.1 Å². The molecule has 1 aromatic rings. The number of hydrogen-bond acceptors (Lipinski definition) is 6. The first-order chi connectivity index (χ1) is 15.3. The van der Waals surface area contributed by atoms with E-state index in [1.165, 1.54) is 0 Å². The van der Waals surface area contributed by atoms with Crippen LogP contribution in [0, 0.1) is 16.7 Å². The fourth-order valence-corrected chi connectivity index (χ4v) is 6.36. The maximum atomic E-state index is 13.0. The van der Waals surface area contributed by atoms with Gasteiger partial charge >= 0.3 is 0 Å². The van der Waals surface area contributed by atoms with E-state index in [0.717, 1.165) is 31.4 Å². The molecule has 0 unspecified atom stereocenters. The summed E-state index contributed by atoms with van der Waals surface area (Å²) in [6.45, 7) is 4.40. The molecule has 6 heteroatoms. The Labute approximate surface area is 190 Å². The molecule has 0 amide bonds. The molecule has 6 nitrogen and oxygen atoms in total. The quantitative estimate of drug-likeness (QED) is 0.474. The average molecular weight is 443 g/mol. The van der Waals surface area contributed by atoms with E-state index in [1.54, 1.807) is 20.5 Å². The Balaban J connectivity index is 1.73. The van der Waals surface area contributed by atoms with E-state index in [2.05, 4.69) is 13.8 Å². The molecule has 3 aliphatic rings. The maximum absolute atomic E-state index is 13.0. The van der Waals surface area contributed by atoms with Crippen molar-refractivity contribution in [3.63, 3.8) is 0 Å². The third-order valence-corrected chi connectivity index (χ3v) is 8.03. The van der Waals surface area contributed by atoms with Gasteiger partial charge in [0, 0.05) is 24.5 Å². The van der Waals surface area contributed by atoms with Crippen molar-refractivity contribution < 1.29 is 28.8 Å². The first-order valence-corrected chi connectivity index (χ1v) is 11.4. The standard InChI is InChI=1S/C26H34O6/c1-24(2)21-13-14-25(24,15-16-31-19-11-9-18(30-4)10-12-19)26(28,23(21)32-17-29-3)20-7-5-6-8-22(20)27/h7,9-12,15-16,21,23,28H,5-6,8,13-14,17H2,1-4H3/b16-15-/t21-,23-,25+,26-/m1/s1. The average Bonchev–Trinajstić information content (AvgIpc) is 3.12. The lowest BCUT2D eigenvalue weighted by Gasteiger charge is -2.49. The van der Waals surface area contributed by atoms with Gasteiger partial charge in [-0.1, -0.05) is 19.9 Å². The molecule has 32 heavy (non-hydrogen) atoms. The molecule has 2 fully saturated rings. The SMILES string of the molecule is COCO[C@@H]1[C@H]2CC[C@](/C=C\Oc3ccc(OC)cc3)(C2(C)C)[C@@]1(O)C1=CCCCC1=O. The zero-order valence-electron chi connectivity index (χ0n) is 19.4. The fourth-order valence-electron chi connectivity index (χ4n) is 6.36. The van der Waals surface area contributed by atoms with Crippen molar-refractivity contribution in [2.45, 2.75) is 57.7 Å². The number of Topliss-reactive ketones (excluding diaryl/α,β-unsaturated/α-hetero) is 1. The van der Waals surface area contributed by atoms with E-state index in [1.807, 2.05) is 36.4 Å². The molecule has 3 aliphatic carbocycles. The second-order valence-electron chi connectivity index (χ2n) is 9.63. The van der Waals surface area contributed by atoms with Crippen molar-refractivity contribution in [3.8, 4) is 11.5 Å². The minimum absolute atomic E-state index is 0.0111. The number of ketones is 1. The lowest BCUT2D eigenvalue weighted by Crippen LogP contribution is -2.58. The Hall–Kier alpha value is -2.15. The van der Waals surface area contributed by atoms with Gasteiger partial charge in [0.2, 0.25) is 0 Å². The van der Waals surface area contributed by atoms with Crippen LogP contribution < -0.4 is 9.47 Å². The molecule has 0 aliphatic heterocycles. The number of ether oxygens (including phenoxy) is 4. The molecule has 0 aromatic heterocycles. The summed E-state index contributed by atoms with van der Waals surface area (Å²) in [5.41, 5.74) is -1.95. The third kappa shape index (κ3) is 3.31. The smallest absolute Gasteiger partial charge is 0.161 e. The van der Waals surface area contributed by atoms with Gasteiger partial charge in [0.1, 0.15) is 23.9 Å². The van der Waals surface area contributed by atoms with Crippen molar-refractivity contribution in [1.82, 2.24) is 0 Å². The maximum Gasteiger partial charge on any atom is 0.161 e. The second-order valence-corrected chi connectivity index (χ2v) is 9.63. The highest BCUT2D eigenvalue weighted by Gasteiger charge is 2.76. The monoisotopic (exact) mass is 442 g/mol. The largest absolute Gasteiger partial charge is 0.497 e. The molecule has 2 bridgehead atoms. The highest BCUT2D eigenvalue weighted by atomic mass is 16.7. The minimum Gasteiger partial charge on any atom is -0.497 e. The van der Waals surface area contributed by atoms with Gasteiger partial charge in [0.25, 0.3) is 0 Å². The van der Waals surface area contributed by atoms with Crippen molar-refractivity contribution in [2.24, 2.45) is 16.7 Å². The Morgan fingerprint density at radius 2 is 1.88 bits per heavy atom. The summed E-state index contributed by atoms with van der Waals surface area (Å²) in [6.07, 6.45) is 8.74. The number of allylic oxidation sites excluding steroid dienone is 1. The zero-order valence-corrected chi connectivity index (χ0v) is 19.4. The molecule has 4 rings (SSSR count). The Kier molecular flexibility index (Phi) is 6.23. The molecule has 1 aromatic carbocycles. The predicted octanol–water partition coefficient (Wildman–Crippen LogP) is 4.42. The number of aliphatic hydroxyl groups is 1. The summed E-state index contributed by atoms with van der Waals surface area (Å²) in [5, 5.41) is 12.4. The summed E-state index contributed by atoms with van der Waals surface area (Å²) < 4.78 is 22.4. The number of carbonyl (C=O) groups is 1. The second kappa shape index (κ2) is 8.65. The zero-order chi connectivity index (χ0) is 23.0. The number of rotatable bonds is 8. The van der Waals surface area contributed by atoms with Gasteiger partial charge < -0.3 is 24.1 Å². The van der Waals surface area contributed by atoms with Gasteiger partial charge in [-0.2, -0.15) is 0 Å². The first kappa shape index (κ1) is 23.0. The van der Waals surface area contributed by atoms with Crippen molar-refractivity contribution in [3.05, 3.63) is 48.3 Å². The van der Waals surface area contributed by atoms with Crippen LogP contribution in [0.25, 0.3) is 0 Å². The van der Waals surface area contributed by atoms with E-state index in [4.69, 9.17) is 18.9 Å². The summed E-state index contributed by atoms with van der Waals surface area (Å²) in [4.78, 5) is 13.0. The van der Waals surface area contributed by atoms with Crippen LogP contribution in [0.4, 0.5) is 0 Å². The first-order valence-electron chi connectivity index (χ1n) is 11.4. The highest BCUT2D eigenvalue weighted by Crippen LogP contribution is 2.73. The van der Waals surface area contributed by atoms with Crippen LogP contribution in [0.3, 0.4) is 0 Å². The third-order valence-electron chi connectivity index (χ3n) is 8.03. The molecular formula is C26H34O6. The lowest BCUT2D eigenvalue weighted by atomic mass is 9.59. The Morgan fingerprint density at radius 1 is 1.16 bits per heavy atom. The molecule has 1 N–H and O–H groups in total. The minimum atomic E-state index is -1.44. The number of benzene rings is 1. The van der Waals surface area contributed by atoms with E-state index >= 15 is 0 Å². The predicted molar refractivity (Wildman–Crippen MR) is 120 cm³/mol. The molecule has 0 spiro atoms. The number of methoxy groups -OCH3 is 2. The van der Waals surface area contributed by atoms with Gasteiger partial charge in [-0.05, 0) is 67.4 Å². The topological polar surface area (TPSA) is 74.2 Å². The lowest BCUT2D eigenvalue weighted by molar-refractivity contribution is -0.174. The van der Waals surface area contributed by atoms with Gasteiger partial charge in [-0.25, -0.2) is 0 Å². The highest BCUT2D eigenvalue weighted by molar-refractivity contribution is 5.98. The van der Waals surface area contributed by atoms with Gasteiger partial charge in [0.05, 0.1) is 19.5 Å². The van der Waals surface area contributed by atoms with Gasteiger partial charge in [-0.3, -0.25) is 4.79 Å². The van der Waals surface area contributed by atoms with Crippen LogP contribution in [0.5, 0.6) is 11.5 Å². The van der Waals surface area contributed by atoms with E-state index in [-0.39, 0.29) is 23.9 Å². The Bertz CT molecular complexity index is 901. The van der Waals surface area contributed by atoms with Crippen molar-refractivity contribution >= 4 is 5.78 Å². The van der Waals surface area contributed by atoms with E-state index in [9.17, 15) is 9.90 Å². The molecular weight excluding hydrogens is 408 g/mol. The van der Waals surface area contributed by atoms with Crippen LogP contribution in [0.2, 0.25) is 0 Å². The summed E-state index contributed by atoms with van der Waals surface area (Å²) in [6, 6.07) is 7.34. The van der Waals surface area contributed by atoms with Crippen molar-refractivity contribution in [2.75, 3.05) is 21.0 Å². The molecule has 4 atom stereocenters. The number of carbonyl (C=O) groups excluding carboxylic acids is 1. The molecule has 0 radical (unpaired) electrons. The molecule has 2 saturated carbocycles. The van der Waals surface area contributed by atoms with Gasteiger partial charge in [0.15, 0.2) is 5.78 Å². The van der Waals surface area contributed by atoms with Crippen LogP contribution in [-0.2, 0) is 14.3 Å². The van der Waals surface area contributed by atoms with Crippen LogP contribution in [-0.4, -0.2) is 43.6 Å². The molecule has 174 valence electrons. The molecule has 0 saturated heterocycles. The van der Waals surface area contributed by atoms with Crippen molar-refractivity contribution in [1.29, 1.82) is 0 Å².